The number of halogens is 1. The number of anilines is 1. The summed E-state index contributed by atoms with van der Waals surface area (Å²) in [5, 5.41) is 11.7. The summed E-state index contributed by atoms with van der Waals surface area (Å²) >= 11 is 6.42. The highest BCUT2D eigenvalue weighted by molar-refractivity contribution is 6.33. The Morgan fingerprint density at radius 3 is 2.68 bits per heavy atom. The molecule has 1 unspecified atom stereocenters. The second kappa shape index (κ2) is 9.85. The Labute approximate surface area is 204 Å². The number of nitrogens with zero attached hydrogens (tertiary/aromatic N) is 3. The Kier molecular flexibility index (Phi) is 6.50. The summed E-state index contributed by atoms with van der Waals surface area (Å²) in [6.45, 7) is 3.46. The zero-order valence-corrected chi connectivity index (χ0v) is 19.9. The number of rotatable bonds is 9. The smallest absolute Gasteiger partial charge is 0.223 e. The van der Waals surface area contributed by atoms with E-state index in [2.05, 4.69) is 27.9 Å². The fourth-order valence-electron chi connectivity index (χ4n) is 4.37. The number of amides is 1. The topological polar surface area (TPSA) is 71.3 Å². The van der Waals surface area contributed by atoms with Crippen molar-refractivity contribution < 1.29 is 4.79 Å². The molecule has 0 saturated heterocycles. The van der Waals surface area contributed by atoms with E-state index in [0.29, 0.717) is 17.5 Å². The van der Waals surface area contributed by atoms with E-state index in [4.69, 9.17) is 16.6 Å². The summed E-state index contributed by atoms with van der Waals surface area (Å²) in [4.78, 5) is 17.2. The van der Waals surface area contributed by atoms with E-state index in [9.17, 15) is 4.79 Å². The predicted octanol–water partition coefficient (Wildman–Crippen LogP) is 5.47. The Bertz CT molecular complexity index is 1300. The first-order chi connectivity index (χ1) is 16.6. The predicted molar refractivity (Wildman–Crippen MR) is 136 cm³/mol. The number of fused-ring (bicyclic) bond motifs is 1. The van der Waals surface area contributed by atoms with Gasteiger partial charge in [-0.25, -0.2) is 4.98 Å². The molecule has 2 N–H and O–H groups in total. The van der Waals surface area contributed by atoms with Crippen LogP contribution in [-0.4, -0.2) is 33.6 Å². The van der Waals surface area contributed by atoms with Crippen LogP contribution in [0.3, 0.4) is 0 Å². The summed E-state index contributed by atoms with van der Waals surface area (Å²) in [6.07, 6.45) is 4.61. The van der Waals surface area contributed by atoms with E-state index in [-0.39, 0.29) is 11.8 Å². The molecular formula is C27H28ClN5O. The maximum atomic E-state index is 12.4. The second-order valence-corrected chi connectivity index (χ2v) is 9.26. The van der Waals surface area contributed by atoms with E-state index in [1.807, 2.05) is 66.2 Å². The van der Waals surface area contributed by atoms with Gasteiger partial charge in [-0.2, -0.15) is 9.61 Å². The Balaban J connectivity index is 1.14. The minimum atomic E-state index is 0.122. The minimum absolute atomic E-state index is 0.122. The first-order valence-electron chi connectivity index (χ1n) is 11.8. The van der Waals surface area contributed by atoms with E-state index < -0.39 is 0 Å². The second-order valence-electron chi connectivity index (χ2n) is 8.85. The number of unbranched alkanes of at least 4 members (excludes halogenated alkanes) is 1. The van der Waals surface area contributed by atoms with Crippen molar-refractivity contribution in [3.05, 3.63) is 83.0 Å². The third-order valence-electron chi connectivity index (χ3n) is 6.36. The van der Waals surface area contributed by atoms with Crippen molar-refractivity contribution in [1.29, 1.82) is 0 Å². The van der Waals surface area contributed by atoms with Gasteiger partial charge < -0.3 is 10.6 Å². The van der Waals surface area contributed by atoms with Gasteiger partial charge in [0.2, 0.25) is 5.91 Å². The lowest BCUT2D eigenvalue weighted by atomic mass is 10.1. The Morgan fingerprint density at radius 1 is 1.09 bits per heavy atom. The van der Waals surface area contributed by atoms with Crippen molar-refractivity contribution in [3.8, 4) is 11.3 Å². The van der Waals surface area contributed by atoms with Crippen molar-refractivity contribution in [2.45, 2.75) is 32.1 Å². The molecule has 6 nitrogen and oxygen atoms in total. The van der Waals surface area contributed by atoms with Gasteiger partial charge in [-0.15, -0.1) is 0 Å². The molecule has 2 heterocycles. The lowest BCUT2D eigenvalue weighted by Crippen LogP contribution is -2.26. The van der Waals surface area contributed by atoms with E-state index in [0.717, 1.165) is 54.1 Å². The fourth-order valence-corrected chi connectivity index (χ4v) is 4.60. The van der Waals surface area contributed by atoms with Crippen LogP contribution in [0.5, 0.6) is 0 Å². The third-order valence-corrected chi connectivity index (χ3v) is 6.69. The van der Waals surface area contributed by atoms with Crippen LogP contribution in [0, 0.1) is 12.8 Å². The monoisotopic (exact) mass is 473 g/mol. The highest BCUT2D eigenvalue weighted by Gasteiger charge is 2.43. The van der Waals surface area contributed by atoms with Crippen LogP contribution in [0.2, 0.25) is 5.02 Å². The largest absolute Gasteiger partial charge is 0.370 e. The van der Waals surface area contributed by atoms with Gasteiger partial charge in [0.25, 0.3) is 0 Å². The highest BCUT2D eigenvalue weighted by atomic mass is 35.5. The molecule has 1 aliphatic rings. The Morgan fingerprint density at radius 2 is 1.85 bits per heavy atom. The number of hydrogen-bond donors (Lipinski definition) is 2. The average molecular weight is 474 g/mol. The molecule has 2 aromatic carbocycles. The normalized spacial score (nSPS) is 17.0. The molecule has 5 rings (SSSR count). The number of benzene rings is 2. The van der Waals surface area contributed by atoms with Crippen LogP contribution in [-0.2, 0) is 4.79 Å². The molecule has 0 bridgehead atoms. The van der Waals surface area contributed by atoms with Gasteiger partial charge in [0.15, 0.2) is 5.65 Å². The molecule has 34 heavy (non-hydrogen) atoms. The van der Waals surface area contributed by atoms with Crippen LogP contribution < -0.4 is 10.6 Å². The maximum Gasteiger partial charge on any atom is 0.223 e. The first-order valence-corrected chi connectivity index (χ1v) is 12.2. The summed E-state index contributed by atoms with van der Waals surface area (Å²) in [7, 11) is 0. The lowest BCUT2D eigenvalue weighted by molar-refractivity contribution is -0.122. The Hall–Kier alpha value is -3.38. The SMILES string of the molecule is Cc1cnn2c(NCCCCNC(=O)C3C[C@H]3c3ccccc3)cc(-c3ccccc3Cl)nc12. The number of hydrogen-bond acceptors (Lipinski definition) is 4. The molecule has 4 aromatic rings. The number of carbonyl (C=O) groups is 1. The van der Waals surface area contributed by atoms with E-state index in [1.54, 1.807) is 0 Å². The van der Waals surface area contributed by atoms with Crippen molar-refractivity contribution in [2.24, 2.45) is 5.92 Å². The van der Waals surface area contributed by atoms with Crippen LogP contribution in [0.1, 0.15) is 36.3 Å². The van der Waals surface area contributed by atoms with Gasteiger partial charge in [-0.3, -0.25) is 4.79 Å². The molecule has 174 valence electrons. The van der Waals surface area contributed by atoms with Gasteiger partial charge in [0.1, 0.15) is 5.82 Å². The molecule has 7 heteroatoms. The standard InChI is InChI=1S/C27H28ClN5O/c1-18-17-31-33-25(16-24(32-26(18)33)20-11-5-6-12-23(20)28)29-13-7-8-14-30-27(34)22-15-21(22)19-9-3-2-4-10-19/h2-6,9-12,16-17,21-22,29H,7-8,13-15H2,1H3,(H,30,34)/t21-,22?/m0/s1. The van der Waals surface area contributed by atoms with E-state index >= 15 is 0 Å². The molecule has 1 saturated carbocycles. The number of carbonyl (C=O) groups excluding carboxylic acids is 1. The van der Waals surface area contributed by atoms with Gasteiger partial charge in [0, 0.05) is 41.2 Å². The zero-order valence-electron chi connectivity index (χ0n) is 19.2. The van der Waals surface area contributed by atoms with E-state index in [1.165, 1.54) is 5.56 Å². The van der Waals surface area contributed by atoms with Crippen molar-refractivity contribution in [3.63, 3.8) is 0 Å². The number of nitrogens with one attached hydrogen (secondary N) is 2. The fraction of sp³-hybridized carbons (Fsp3) is 0.296. The molecular weight excluding hydrogens is 446 g/mol. The van der Waals surface area contributed by atoms with Crippen molar-refractivity contribution in [1.82, 2.24) is 19.9 Å². The molecule has 0 aliphatic heterocycles. The van der Waals surface area contributed by atoms with Gasteiger partial charge in [0.05, 0.1) is 11.9 Å². The number of aryl methyl sites for hydroxylation is 1. The number of aromatic nitrogens is 3. The molecule has 1 aliphatic carbocycles. The maximum absolute atomic E-state index is 12.4. The quantitative estimate of drug-likeness (QED) is 0.316. The summed E-state index contributed by atoms with van der Waals surface area (Å²) < 4.78 is 1.83. The summed E-state index contributed by atoms with van der Waals surface area (Å²) in [5.41, 5.74) is 4.79. The molecule has 1 fully saturated rings. The van der Waals surface area contributed by atoms with Crippen LogP contribution >= 0.6 is 11.6 Å². The summed E-state index contributed by atoms with van der Waals surface area (Å²) in [5.74, 6) is 1.55. The van der Waals surface area contributed by atoms with Crippen molar-refractivity contribution in [2.75, 3.05) is 18.4 Å². The lowest BCUT2D eigenvalue weighted by Gasteiger charge is -2.12. The van der Waals surface area contributed by atoms with Gasteiger partial charge in [-0.05, 0) is 43.7 Å². The van der Waals surface area contributed by atoms with Gasteiger partial charge in [-0.1, -0.05) is 60.1 Å². The van der Waals surface area contributed by atoms with Crippen molar-refractivity contribution >= 4 is 29.0 Å². The molecule has 1 amide bonds. The van der Waals surface area contributed by atoms with Crippen LogP contribution in [0.15, 0.2) is 66.9 Å². The average Bonchev–Trinajstić information content (AvgIpc) is 3.58. The van der Waals surface area contributed by atoms with Crippen LogP contribution in [0.25, 0.3) is 16.9 Å². The molecule has 2 atom stereocenters. The third kappa shape index (κ3) is 4.77. The van der Waals surface area contributed by atoms with Crippen LogP contribution in [0.4, 0.5) is 5.82 Å². The highest BCUT2D eigenvalue weighted by Crippen LogP contribution is 2.47. The van der Waals surface area contributed by atoms with Gasteiger partial charge >= 0.3 is 0 Å². The molecule has 0 spiro atoms. The minimum Gasteiger partial charge on any atom is -0.370 e. The first kappa shape index (κ1) is 22.4. The summed E-state index contributed by atoms with van der Waals surface area (Å²) in [6, 6.07) is 20.0. The molecule has 0 radical (unpaired) electrons. The zero-order chi connectivity index (χ0) is 23.5. The molecule has 2 aromatic heterocycles.